The van der Waals surface area contributed by atoms with Gasteiger partial charge < -0.3 is 31.3 Å². The van der Waals surface area contributed by atoms with Crippen molar-refractivity contribution in [3.63, 3.8) is 0 Å². The van der Waals surface area contributed by atoms with Crippen LogP contribution in [-0.4, -0.2) is 45.1 Å². The molecule has 8 nitrogen and oxygen atoms in total. The van der Waals surface area contributed by atoms with Crippen LogP contribution in [0.2, 0.25) is 0 Å². The monoisotopic (exact) mass is 327 g/mol. The molecule has 11 heteroatoms. The number of thiol groups is 2. The second kappa shape index (κ2) is 10.6. The van der Waals surface area contributed by atoms with Gasteiger partial charge in [-0.15, -0.1) is 0 Å². The number of nitrogens with zero attached hydrogens (tertiary/aromatic N) is 4. The van der Waals surface area contributed by atoms with Crippen molar-refractivity contribution in [3.8, 4) is 0 Å². The third-order valence-corrected chi connectivity index (χ3v) is 1.31. The van der Waals surface area contributed by atoms with E-state index in [1.165, 1.54) is 0 Å². The van der Waals surface area contributed by atoms with Crippen LogP contribution in [0.1, 0.15) is 0 Å². The van der Waals surface area contributed by atoms with Crippen molar-refractivity contribution in [2.75, 3.05) is 6.61 Å². The van der Waals surface area contributed by atoms with Gasteiger partial charge in [-0.05, 0) is 0 Å². The van der Waals surface area contributed by atoms with Crippen molar-refractivity contribution in [2.24, 2.45) is 21.7 Å². The molecule has 0 bridgehead atoms. The smallest absolute Gasteiger partial charge is 0.183 e. The Labute approximate surface area is 119 Å². The van der Waals surface area contributed by atoms with Gasteiger partial charge in [-0.3, -0.25) is 11.5 Å². The van der Waals surface area contributed by atoms with Gasteiger partial charge >= 0.3 is 0 Å². The molecule has 1 unspecified atom stereocenters. The van der Waals surface area contributed by atoms with Crippen molar-refractivity contribution in [2.45, 2.75) is 6.10 Å². The quantitative estimate of drug-likeness (QED) is 0.107. The number of nitrogens with two attached hydrogens (primary N) is 2. The molecule has 0 aliphatic carbocycles. The van der Waals surface area contributed by atoms with Crippen LogP contribution < -0.4 is 11.5 Å². The van der Waals surface area contributed by atoms with E-state index in [9.17, 15) is 5.11 Å². The van der Waals surface area contributed by atoms with Crippen LogP contribution in [0.3, 0.4) is 0 Å². The second-order valence-electron chi connectivity index (χ2n) is 2.38. The third-order valence-electron chi connectivity index (χ3n) is 1.13. The molecule has 0 aliphatic heterocycles. The number of aliphatic hydroxyl groups excluding tert-OH is 2. The van der Waals surface area contributed by atoms with Gasteiger partial charge in [0.15, 0.2) is 34.7 Å². The zero-order chi connectivity index (χ0) is 12.6. The van der Waals surface area contributed by atoms with E-state index >= 15 is 0 Å². The molecule has 0 fully saturated rings. The molecular weight excluding hydrogens is 316 g/mol. The van der Waals surface area contributed by atoms with Crippen molar-refractivity contribution in [1.82, 2.24) is 0 Å². The van der Waals surface area contributed by atoms with Crippen LogP contribution in [0.25, 0.3) is 10.9 Å². The minimum atomic E-state index is -1.25. The Kier molecular flexibility index (Phi) is 11.8. The molecule has 0 aliphatic rings. The first-order chi connectivity index (χ1) is 7.47. The van der Waals surface area contributed by atoms with Gasteiger partial charge in [0.1, 0.15) is 6.10 Å². The van der Waals surface area contributed by atoms with E-state index in [0.29, 0.717) is 0 Å². The average Bonchev–Trinajstić information content (AvgIpc) is 2.21. The maximum Gasteiger partial charge on any atom is 0.183 e. The summed E-state index contributed by atoms with van der Waals surface area (Å²) in [4.78, 5) is 0. The van der Waals surface area contributed by atoms with E-state index in [4.69, 9.17) is 16.6 Å². The molecule has 0 amide bonds. The summed E-state index contributed by atoms with van der Waals surface area (Å²) >= 11 is 7.33. The van der Waals surface area contributed by atoms with Gasteiger partial charge in [-0.2, -0.15) is 0 Å². The first-order valence-electron chi connectivity index (χ1n) is 3.91. The number of hydrogen-bond donors (Lipinski definition) is 4. The molecule has 101 valence electrons. The van der Waals surface area contributed by atoms with Gasteiger partial charge in [0.2, 0.25) is 0 Å². The summed E-state index contributed by atoms with van der Waals surface area (Å²) in [5.74, 6) is 0. The summed E-state index contributed by atoms with van der Waals surface area (Å²) in [6.45, 7) is -0.549. The van der Waals surface area contributed by atoms with Crippen LogP contribution >= 0.6 is 0 Å². The van der Waals surface area contributed by atoms with Gasteiger partial charge in [0, 0.05) is 23.3 Å². The molecule has 6 N–H and O–H groups in total. The Morgan fingerprint density at radius 1 is 1.29 bits per heavy atom. The van der Waals surface area contributed by atoms with Crippen molar-refractivity contribution in [1.29, 1.82) is 0 Å². The van der Waals surface area contributed by atoms with E-state index in [1.807, 2.05) is 0 Å². The fourth-order valence-electron chi connectivity index (χ4n) is 0.528. The predicted octanol–water partition coefficient (Wildman–Crippen LogP) is -2.92. The van der Waals surface area contributed by atoms with Crippen molar-refractivity contribution >= 4 is 46.6 Å². The van der Waals surface area contributed by atoms with E-state index in [2.05, 4.69) is 45.5 Å². The molecule has 1 atom stereocenters. The van der Waals surface area contributed by atoms with E-state index in [0.717, 1.165) is 6.21 Å². The summed E-state index contributed by atoms with van der Waals surface area (Å²) < 4.78 is 0. The number of hydrogen-bond acceptors (Lipinski definition) is 4. The number of rotatable bonds is 5. The minimum Gasteiger partial charge on any atom is -0.515 e. The topological polar surface area (TPSA) is 145 Å². The first kappa shape index (κ1) is 18.8. The van der Waals surface area contributed by atoms with Crippen LogP contribution in [0.5, 0.6) is 0 Å². The molecule has 0 spiro atoms. The standard InChI is InChI=1S/C6H12N6O2S2.Cu/c7-5(15)11-9-1-3(4(14)2-13)10-12-6(8)16;/h1,4,13-14H,2H2,(H6,7,8,9,10,11,12,15,16);. The first-order valence-corrected chi connectivity index (χ1v) is 4.81. The van der Waals surface area contributed by atoms with Crippen LogP contribution in [0, 0.1) is 0 Å². The second-order valence-corrected chi connectivity index (χ2v) is 3.30. The fraction of sp³-hybridized carbons (Fsp3) is 0.333. The molecule has 0 aromatic rings. The maximum atomic E-state index is 9.29. The zero-order valence-corrected chi connectivity index (χ0v) is 11.1. The molecular formula is C6H12CuN6O2S2. The Morgan fingerprint density at radius 2 is 1.82 bits per heavy atom. The van der Waals surface area contributed by atoms with Crippen LogP contribution in [0.4, 0.5) is 0 Å². The maximum absolute atomic E-state index is 9.29. The summed E-state index contributed by atoms with van der Waals surface area (Å²) in [6, 6.07) is 0. The van der Waals surface area contributed by atoms with E-state index in [-0.39, 0.29) is 33.0 Å². The summed E-state index contributed by atoms with van der Waals surface area (Å²) in [6.07, 6.45) is -0.194. The summed E-state index contributed by atoms with van der Waals surface area (Å²) in [7, 11) is 0. The van der Waals surface area contributed by atoms with Crippen molar-refractivity contribution in [3.05, 3.63) is 10.9 Å². The van der Waals surface area contributed by atoms with E-state index < -0.39 is 12.7 Å². The molecule has 0 aromatic heterocycles. The Morgan fingerprint density at radius 3 is 2.24 bits per heavy atom. The average molecular weight is 328 g/mol. The number of aliphatic hydroxyl groups is 2. The minimum absolute atomic E-state index is 0. The molecule has 0 rings (SSSR count). The Bertz CT molecular complexity index is 324. The predicted molar refractivity (Wildman–Crippen MR) is 71.6 cm³/mol. The van der Waals surface area contributed by atoms with Gasteiger partial charge in [-0.25, -0.2) is 0 Å². The normalized spacial score (nSPS) is 12.8. The van der Waals surface area contributed by atoms with Gasteiger partial charge in [0.05, 0.1) is 12.3 Å². The molecule has 1 radical (unpaired) electrons. The van der Waals surface area contributed by atoms with Crippen molar-refractivity contribution < 1.29 is 27.3 Å². The summed E-state index contributed by atoms with van der Waals surface area (Å²) in [5, 5.41) is 24.8. The molecule has 0 saturated heterocycles. The molecule has 0 heterocycles. The van der Waals surface area contributed by atoms with Gasteiger partial charge in [0.25, 0.3) is 0 Å². The molecule has 17 heavy (non-hydrogen) atoms. The zero-order valence-electron chi connectivity index (χ0n) is 8.40. The van der Waals surface area contributed by atoms with E-state index in [1.54, 1.807) is 0 Å². The Balaban J connectivity index is 0. The van der Waals surface area contributed by atoms with Gasteiger partial charge in [-0.1, -0.05) is 0 Å². The molecule has 0 aromatic carbocycles. The largest absolute Gasteiger partial charge is 0.515 e. The fourth-order valence-corrected chi connectivity index (χ4v) is 0.625. The summed E-state index contributed by atoms with van der Waals surface area (Å²) in [5.41, 5.74) is 16.9. The SMILES string of the molecule is NC(=[SH+])[N-]N=CC(=N[N-]C(N)=[SH+])C(O)CO.[Cu]. The van der Waals surface area contributed by atoms with Crippen LogP contribution in [-0.2, 0) is 41.5 Å². The van der Waals surface area contributed by atoms with Crippen LogP contribution in [0.15, 0.2) is 10.2 Å². The third kappa shape index (κ3) is 10.4. The molecule has 0 saturated carbocycles. The Hall–Kier alpha value is -0.521.